The van der Waals surface area contributed by atoms with Crippen molar-refractivity contribution < 1.29 is 13.2 Å². The molecule has 0 amide bonds. The summed E-state index contributed by atoms with van der Waals surface area (Å²) in [6.45, 7) is 3.49. The first-order chi connectivity index (χ1) is 12.7. The molecular weight excluding hydrogens is 379 g/mol. The van der Waals surface area contributed by atoms with Crippen molar-refractivity contribution in [3.8, 4) is 11.8 Å². The third kappa shape index (κ3) is 3.19. The Labute approximate surface area is 156 Å². The molecule has 0 aliphatic carbocycles. The predicted molar refractivity (Wildman–Crippen MR) is 95.0 cm³/mol. The van der Waals surface area contributed by atoms with Crippen LogP contribution in [0.5, 0.6) is 0 Å². The van der Waals surface area contributed by atoms with Crippen LogP contribution in [0.4, 0.5) is 13.2 Å². The largest absolute Gasteiger partial charge is 0.417 e. The summed E-state index contributed by atoms with van der Waals surface area (Å²) in [7, 11) is 0. The third-order valence-electron chi connectivity index (χ3n) is 3.95. The number of thioether (sulfide) groups is 1. The second-order valence-electron chi connectivity index (χ2n) is 5.99. The van der Waals surface area contributed by atoms with E-state index in [-0.39, 0.29) is 22.8 Å². The summed E-state index contributed by atoms with van der Waals surface area (Å²) in [4.78, 5) is 21.1. The first-order valence-corrected chi connectivity index (χ1v) is 9.07. The van der Waals surface area contributed by atoms with E-state index in [4.69, 9.17) is 5.26 Å². The fraction of sp³-hybridized carbons (Fsp3) is 0.294. The van der Waals surface area contributed by atoms with Gasteiger partial charge in [0.1, 0.15) is 5.39 Å². The Morgan fingerprint density at radius 2 is 2.00 bits per heavy atom. The highest BCUT2D eigenvalue weighted by molar-refractivity contribution is 7.98. The van der Waals surface area contributed by atoms with Crippen LogP contribution in [0.15, 0.2) is 34.3 Å². The minimum Gasteiger partial charge on any atom is -0.267 e. The number of nitrogens with zero attached hydrogens (tertiary/aromatic N) is 5. The van der Waals surface area contributed by atoms with E-state index in [0.717, 1.165) is 12.1 Å². The molecule has 0 unspecified atom stereocenters. The van der Waals surface area contributed by atoms with Gasteiger partial charge in [0.05, 0.1) is 22.9 Å². The number of benzene rings is 1. The molecule has 0 spiro atoms. The number of alkyl halides is 3. The number of hydrogen-bond donors (Lipinski definition) is 0. The maximum absolute atomic E-state index is 13.4. The SMILES string of the molecule is CSc1ncc2c(=O)n(C(C)C)n(-c3ccc(C#N)c(C(F)(F)F)c3)c2n1. The Bertz CT molecular complexity index is 1120. The summed E-state index contributed by atoms with van der Waals surface area (Å²) in [5.41, 5.74) is -1.64. The van der Waals surface area contributed by atoms with E-state index in [1.807, 2.05) is 0 Å². The average Bonchev–Trinajstić information content (AvgIpc) is 2.92. The molecule has 0 saturated heterocycles. The van der Waals surface area contributed by atoms with E-state index in [2.05, 4.69) is 9.97 Å². The molecule has 0 radical (unpaired) electrons. The molecule has 3 rings (SSSR count). The monoisotopic (exact) mass is 393 g/mol. The van der Waals surface area contributed by atoms with E-state index in [9.17, 15) is 18.0 Å². The molecule has 0 N–H and O–H groups in total. The third-order valence-corrected chi connectivity index (χ3v) is 4.51. The minimum atomic E-state index is -4.70. The molecule has 10 heteroatoms. The number of fused-ring (bicyclic) bond motifs is 1. The maximum atomic E-state index is 13.4. The van der Waals surface area contributed by atoms with Gasteiger partial charge < -0.3 is 0 Å². The standard InChI is InChI=1S/C17H14F3N5OS/c1-9(2)24-15(26)12-8-22-16(27-3)23-14(12)25(24)11-5-4-10(7-21)13(6-11)17(18,19)20/h4-6,8-9H,1-3H3. The van der Waals surface area contributed by atoms with Gasteiger partial charge >= 0.3 is 6.18 Å². The van der Waals surface area contributed by atoms with Crippen LogP contribution in [0, 0.1) is 11.3 Å². The van der Waals surface area contributed by atoms with E-state index in [0.29, 0.717) is 5.16 Å². The van der Waals surface area contributed by atoms with Crippen molar-refractivity contribution >= 4 is 22.8 Å². The zero-order chi connectivity index (χ0) is 19.9. The van der Waals surface area contributed by atoms with Gasteiger partial charge in [-0.05, 0) is 38.3 Å². The smallest absolute Gasteiger partial charge is 0.267 e. The van der Waals surface area contributed by atoms with Gasteiger partial charge in [-0.3, -0.25) is 4.79 Å². The Morgan fingerprint density at radius 1 is 1.30 bits per heavy atom. The van der Waals surface area contributed by atoms with Crippen LogP contribution >= 0.6 is 11.8 Å². The number of nitriles is 1. The summed E-state index contributed by atoms with van der Waals surface area (Å²) < 4.78 is 42.8. The van der Waals surface area contributed by atoms with Crippen molar-refractivity contribution in [2.75, 3.05) is 6.26 Å². The predicted octanol–water partition coefficient (Wildman–Crippen LogP) is 3.78. The molecule has 0 aliphatic rings. The fourth-order valence-electron chi connectivity index (χ4n) is 2.79. The van der Waals surface area contributed by atoms with E-state index < -0.39 is 22.9 Å². The van der Waals surface area contributed by atoms with Crippen molar-refractivity contribution in [1.82, 2.24) is 19.3 Å². The Kier molecular flexibility index (Phi) is 4.73. The summed E-state index contributed by atoms with van der Waals surface area (Å²) in [5, 5.41) is 9.59. The van der Waals surface area contributed by atoms with Crippen molar-refractivity contribution in [3.05, 3.63) is 45.9 Å². The molecule has 0 fully saturated rings. The fourth-order valence-corrected chi connectivity index (χ4v) is 3.13. The summed E-state index contributed by atoms with van der Waals surface area (Å²) >= 11 is 1.25. The molecule has 1 aromatic carbocycles. The second-order valence-corrected chi connectivity index (χ2v) is 6.76. The van der Waals surface area contributed by atoms with Gasteiger partial charge in [0.25, 0.3) is 5.56 Å². The van der Waals surface area contributed by atoms with Crippen LogP contribution in [0.3, 0.4) is 0 Å². The van der Waals surface area contributed by atoms with Gasteiger partial charge in [-0.15, -0.1) is 0 Å². The van der Waals surface area contributed by atoms with E-state index >= 15 is 0 Å². The van der Waals surface area contributed by atoms with Gasteiger partial charge in [0.15, 0.2) is 10.8 Å². The van der Waals surface area contributed by atoms with Crippen LogP contribution in [-0.2, 0) is 6.18 Å². The molecule has 3 aromatic rings. The molecule has 2 aromatic heterocycles. The Balaban J connectivity index is 2.42. The van der Waals surface area contributed by atoms with Crippen molar-refractivity contribution in [2.24, 2.45) is 0 Å². The molecule has 140 valence electrons. The van der Waals surface area contributed by atoms with Gasteiger partial charge in [-0.2, -0.15) is 18.4 Å². The topological polar surface area (TPSA) is 76.5 Å². The second kappa shape index (κ2) is 6.74. The number of halogens is 3. The molecule has 0 bridgehead atoms. The lowest BCUT2D eigenvalue weighted by molar-refractivity contribution is -0.137. The van der Waals surface area contributed by atoms with Crippen LogP contribution in [-0.4, -0.2) is 25.6 Å². The Morgan fingerprint density at radius 3 is 2.56 bits per heavy atom. The van der Waals surface area contributed by atoms with Crippen molar-refractivity contribution in [3.63, 3.8) is 0 Å². The van der Waals surface area contributed by atoms with E-state index in [1.54, 1.807) is 26.2 Å². The Hall–Kier alpha value is -2.80. The lowest BCUT2D eigenvalue weighted by Gasteiger charge is -2.17. The molecule has 27 heavy (non-hydrogen) atoms. The van der Waals surface area contributed by atoms with Crippen LogP contribution in [0.25, 0.3) is 16.7 Å². The molecule has 0 aliphatic heterocycles. The van der Waals surface area contributed by atoms with Crippen LogP contribution in [0.2, 0.25) is 0 Å². The first kappa shape index (κ1) is 19.0. The first-order valence-electron chi connectivity index (χ1n) is 7.85. The summed E-state index contributed by atoms with van der Waals surface area (Å²) in [6.07, 6.45) is -1.57. The van der Waals surface area contributed by atoms with Gasteiger partial charge in [-0.25, -0.2) is 19.3 Å². The zero-order valence-electron chi connectivity index (χ0n) is 14.6. The number of aromatic nitrogens is 4. The quantitative estimate of drug-likeness (QED) is 0.500. The highest BCUT2D eigenvalue weighted by Gasteiger charge is 2.34. The minimum absolute atomic E-state index is 0.0906. The van der Waals surface area contributed by atoms with Gasteiger partial charge in [-0.1, -0.05) is 11.8 Å². The summed E-state index contributed by atoms with van der Waals surface area (Å²) in [6, 6.07) is 4.53. The molecule has 6 nitrogen and oxygen atoms in total. The number of rotatable bonds is 3. The maximum Gasteiger partial charge on any atom is 0.417 e. The molecule has 2 heterocycles. The molecule has 0 atom stereocenters. The van der Waals surface area contributed by atoms with Crippen molar-refractivity contribution in [1.29, 1.82) is 5.26 Å². The lowest BCUT2D eigenvalue weighted by Crippen LogP contribution is -2.24. The van der Waals surface area contributed by atoms with Gasteiger partial charge in [0, 0.05) is 12.2 Å². The van der Waals surface area contributed by atoms with E-state index in [1.165, 1.54) is 33.4 Å². The molecular formula is C17H14F3N5OS. The van der Waals surface area contributed by atoms with Crippen molar-refractivity contribution in [2.45, 2.75) is 31.2 Å². The highest BCUT2D eigenvalue weighted by Crippen LogP contribution is 2.33. The highest BCUT2D eigenvalue weighted by atomic mass is 32.2. The van der Waals surface area contributed by atoms with Gasteiger partial charge in [0.2, 0.25) is 0 Å². The molecule has 0 saturated carbocycles. The zero-order valence-corrected chi connectivity index (χ0v) is 15.4. The van der Waals surface area contributed by atoms with Crippen LogP contribution in [0.1, 0.15) is 31.0 Å². The normalized spacial score (nSPS) is 11.9. The van der Waals surface area contributed by atoms with Crippen LogP contribution < -0.4 is 5.56 Å². The average molecular weight is 393 g/mol. The number of hydrogen-bond acceptors (Lipinski definition) is 5. The summed E-state index contributed by atoms with van der Waals surface area (Å²) in [5.74, 6) is 0. The lowest BCUT2D eigenvalue weighted by atomic mass is 10.1.